The minimum atomic E-state index is -0.220. The van der Waals surface area contributed by atoms with Crippen molar-refractivity contribution in [3.63, 3.8) is 0 Å². The summed E-state index contributed by atoms with van der Waals surface area (Å²) < 4.78 is 11.1. The first kappa shape index (κ1) is 17.9. The molecule has 0 atom stereocenters. The minimum absolute atomic E-state index is 0.220. The number of benzene rings is 1. The lowest BCUT2D eigenvalue weighted by Crippen LogP contribution is -2.32. The SMILES string of the molecule is Cc1cc(C(=O)NCCN(C)C)nc(Nc2ccc3c(c2)OCCO3)n1. The predicted molar refractivity (Wildman–Crippen MR) is 98.4 cm³/mol. The molecule has 8 nitrogen and oxygen atoms in total. The molecule has 2 N–H and O–H groups in total. The van der Waals surface area contributed by atoms with E-state index in [0.29, 0.717) is 48.6 Å². The Kier molecular flexibility index (Phi) is 5.52. The molecule has 0 aliphatic carbocycles. The van der Waals surface area contributed by atoms with E-state index in [1.54, 1.807) is 6.07 Å². The molecule has 3 rings (SSSR count). The fourth-order valence-corrected chi connectivity index (χ4v) is 2.47. The smallest absolute Gasteiger partial charge is 0.270 e. The van der Waals surface area contributed by atoms with E-state index in [1.807, 2.05) is 44.1 Å². The Labute approximate surface area is 152 Å². The molecule has 0 radical (unpaired) electrons. The number of fused-ring (bicyclic) bond motifs is 1. The summed E-state index contributed by atoms with van der Waals surface area (Å²) in [5.74, 6) is 1.53. The van der Waals surface area contributed by atoms with Crippen molar-refractivity contribution in [3.8, 4) is 11.5 Å². The van der Waals surface area contributed by atoms with Crippen LogP contribution >= 0.6 is 0 Å². The number of anilines is 2. The second-order valence-corrected chi connectivity index (χ2v) is 6.26. The van der Waals surface area contributed by atoms with Gasteiger partial charge in [-0.05, 0) is 39.2 Å². The van der Waals surface area contributed by atoms with Gasteiger partial charge in [-0.3, -0.25) is 4.79 Å². The van der Waals surface area contributed by atoms with Gasteiger partial charge in [-0.25, -0.2) is 9.97 Å². The number of aryl methyl sites for hydroxylation is 1. The highest BCUT2D eigenvalue weighted by Gasteiger charge is 2.14. The summed E-state index contributed by atoms with van der Waals surface area (Å²) >= 11 is 0. The number of likely N-dealkylation sites (N-methyl/N-ethyl adjacent to an activating group) is 1. The second kappa shape index (κ2) is 8.01. The normalized spacial score (nSPS) is 12.8. The van der Waals surface area contributed by atoms with Crippen LogP contribution in [0.4, 0.5) is 11.6 Å². The van der Waals surface area contributed by atoms with Crippen LogP contribution in [0.3, 0.4) is 0 Å². The molecule has 2 heterocycles. The first-order chi connectivity index (χ1) is 12.5. The van der Waals surface area contributed by atoms with Gasteiger partial charge in [-0.15, -0.1) is 0 Å². The third kappa shape index (κ3) is 4.60. The van der Waals surface area contributed by atoms with Crippen molar-refractivity contribution in [2.75, 3.05) is 45.7 Å². The van der Waals surface area contributed by atoms with Crippen molar-refractivity contribution in [1.82, 2.24) is 20.2 Å². The van der Waals surface area contributed by atoms with Crippen LogP contribution in [0.15, 0.2) is 24.3 Å². The van der Waals surface area contributed by atoms with Crippen molar-refractivity contribution in [2.24, 2.45) is 0 Å². The minimum Gasteiger partial charge on any atom is -0.486 e. The molecule has 0 saturated heterocycles. The van der Waals surface area contributed by atoms with Crippen molar-refractivity contribution < 1.29 is 14.3 Å². The van der Waals surface area contributed by atoms with Gasteiger partial charge in [0.2, 0.25) is 5.95 Å². The molecule has 0 bridgehead atoms. The van der Waals surface area contributed by atoms with Gasteiger partial charge in [0.05, 0.1) is 0 Å². The van der Waals surface area contributed by atoms with Crippen LogP contribution in [-0.2, 0) is 0 Å². The number of aromatic nitrogens is 2. The predicted octanol–water partition coefficient (Wildman–Crippen LogP) is 1.59. The molecule has 138 valence electrons. The average molecular weight is 357 g/mol. The molecule has 1 amide bonds. The molecular formula is C18H23N5O3. The third-order valence-electron chi connectivity index (χ3n) is 3.73. The van der Waals surface area contributed by atoms with Crippen molar-refractivity contribution in [2.45, 2.75) is 6.92 Å². The standard InChI is InChI=1S/C18H23N5O3/c1-12-10-14(17(24)19-6-7-23(2)3)22-18(20-12)21-13-4-5-15-16(11-13)26-9-8-25-15/h4-5,10-11H,6-9H2,1-3H3,(H,19,24)(H,20,21,22). The highest BCUT2D eigenvalue weighted by Crippen LogP contribution is 2.33. The maximum absolute atomic E-state index is 12.3. The van der Waals surface area contributed by atoms with E-state index in [9.17, 15) is 4.79 Å². The number of rotatable bonds is 6. The zero-order valence-corrected chi connectivity index (χ0v) is 15.2. The Morgan fingerprint density at radius 3 is 2.69 bits per heavy atom. The van der Waals surface area contributed by atoms with Gasteiger partial charge in [0.15, 0.2) is 11.5 Å². The lowest BCUT2D eigenvalue weighted by atomic mass is 10.2. The largest absolute Gasteiger partial charge is 0.486 e. The van der Waals surface area contributed by atoms with Crippen LogP contribution in [0.25, 0.3) is 0 Å². The van der Waals surface area contributed by atoms with E-state index in [-0.39, 0.29) is 5.91 Å². The van der Waals surface area contributed by atoms with E-state index in [2.05, 4.69) is 20.6 Å². The van der Waals surface area contributed by atoms with E-state index in [0.717, 1.165) is 12.2 Å². The van der Waals surface area contributed by atoms with Gasteiger partial charge in [0, 0.05) is 30.5 Å². The summed E-state index contributed by atoms with van der Waals surface area (Å²) in [7, 11) is 3.91. The van der Waals surface area contributed by atoms with E-state index >= 15 is 0 Å². The molecule has 8 heteroatoms. The molecule has 1 aromatic heterocycles. The molecule has 26 heavy (non-hydrogen) atoms. The van der Waals surface area contributed by atoms with Crippen LogP contribution in [0.2, 0.25) is 0 Å². The number of hydrogen-bond donors (Lipinski definition) is 2. The summed E-state index contributed by atoms with van der Waals surface area (Å²) in [5.41, 5.74) is 1.80. The molecule has 1 aliphatic rings. The van der Waals surface area contributed by atoms with Crippen LogP contribution < -0.4 is 20.1 Å². The summed E-state index contributed by atoms with van der Waals surface area (Å²) in [6.07, 6.45) is 0. The van der Waals surface area contributed by atoms with Gasteiger partial charge in [0.25, 0.3) is 5.91 Å². The Balaban J connectivity index is 1.72. The first-order valence-electron chi connectivity index (χ1n) is 8.46. The van der Waals surface area contributed by atoms with Crippen molar-refractivity contribution >= 4 is 17.5 Å². The van der Waals surface area contributed by atoms with Gasteiger partial charge in [-0.2, -0.15) is 0 Å². The van der Waals surface area contributed by atoms with Crippen molar-refractivity contribution in [1.29, 1.82) is 0 Å². The Hall–Kier alpha value is -2.87. The second-order valence-electron chi connectivity index (χ2n) is 6.26. The number of carbonyl (C=O) groups is 1. The zero-order chi connectivity index (χ0) is 18.5. The van der Waals surface area contributed by atoms with Crippen LogP contribution in [0.1, 0.15) is 16.2 Å². The highest BCUT2D eigenvalue weighted by molar-refractivity contribution is 5.92. The molecule has 0 spiro atoms. The van der Waals surface area contributed by atoms with Gasteiger partial charge >= 0.3 is 0 Å². The monoisotopic (exact) mass is 357 g/mol. The maximum Gasteiger partial charge on any atom is 0.270 e. The van der Waals surface area contributed by atoms with Gasteiger partial charge < -0.3 is 25.0 Å². The van der Waals surface area contributed by atoms with Crippen LogP contribution in [-0.4, -0.2) is 61.2 Å². The van der Waals surface area contributed by atoms with Crippen LogP contribution in [0, 0.1) is 6.92 Å². The third-order valence-corrected chi connectivity index (χ3v) is 3.73. The summed E-state index contributed by atoms with van der Waals surface area (Å²) in [4.78, 5) is 23.0. The number of amides is 1. The van der Waals surface area contributed by atoms with E-state index in [1.165, 1.54) is 0 Å². The van der Waals surface area contributed by atoms with Crippen molar-refractivity contribution in [3.05, 3.63) is 35.7 Å². The molecule has 1 aliphatic heterocycles. The van der Waals surface area contributed by atoms with Gasteiger partial charge in [0.1, 0.15) is 18.9 Å². The summed E-state index contributed by atoms with van der Waals surface area (Å²) in [6, 6.07) is 7.19. The fourth-order valence-electron chi connectivity index (χ4n) is 2.47. The maximum atomic E-state index is 12.3. The van der Waals surface area contributed by atoms with E-state index < -0.39 is 0 Å². The van der Waals surface area contributed by atoms with Crippen LogP contribution in [0.5, 0.6) is 11.5 Å². The molecule has 0 fully saturated rings. The fraction of sp³-hybridized carbons (Fsp3) is 0.389. The Bertz CT molecular complexity index is 794. The highest BCUT2D eigenvalue weighted by atomic mass is 16.6. The number of carbonyl (C=O) groups excluding carboxylic acids is 1. The molecule has 0 saturated carbocycles. The molecule has 2 aromatic rings. The topological polar surface area (TPSA) is 88.6 Å². The summed E-state index contributed by atoms with van der Waals surface area (Å²) in [6.45, 7) is 4.22. The molecular weight excluding hydrogens is 334 g/mol. The molecule has 1 aromatic carbocycles. The number of nitrogens with one attached hydrogen (secondary N) is 2. The number of ether oxygens (including phenoxy) is 2. The van der Waals surface area contributed by atoms with E-state index in [4.69, 9.17) is 9.47 Å². The zero-order valence-electron chi connectivity index (χ0n) is 15.2. The Morgan fingerprint density at radius 1 is 1.15 bits per heavy atom. The number of hydrogen-bond acceptors (Lipinski definition) is 7. The summed E-state index contributed by atoms with van der Waals surface area (Å²) in [5, 5.41) is 5.97. The Morgan fingerprint density at radius 2 is 1.92 bits per heavy atom. The lowest BCUT2D eigenvalue weighted by Gasteiger charge is -2.19. The molecule has 0 unspecified atom stereocenters. The lowest BCUT2D eigenvalue weighted by molar-refractivity contribution is 0.0946. The first-order valence-corrected chi connectivity index (χ1v) is 8.46. The quantitative estimate of drug-likeness (QED) is 0.811. The number of nitrogens with zero attached hydrogens (tertiary/aromatic N) is 3. The average Bonchev–Trinajstić information content (AvgIpc) is 2.60. The van der Waals surface area contributed by atoms with Gasteiger partial charge in [-0.1, -0.05) is 0 Å².